The zero-order valence-electron chi connectivity index (χ0n) is 19.8. The van der Waals surface area contributed by atoms with Crippen LogP contribution in [-0.4, -0.2) is 38.2 Å². The Balaban J connectivity index is 1.87. The van der Waals surface area contributed by atoms with Crippen molar-refractivity contribution in [3.63, 3.8) is 0 Å². The van der Waals surface area contributed by atoms with Crippen molar-refractivity contribution in [1.29, 1.82) is 0 Å². The van der Waals surface area contributed by atoms with Gasteiger partial charge in [0.1, 0.15) is 0 Å². The normalized spacial score (nSPS) is 14.2. The van der Waals surface area contributed by atoms with Crippen LogP contribution >= 0.6 is 11.6 Å². The fourth-order valence-corrected chi connectivity index (χ4v) is 4.86. The highest BCUT2D eigenvalue weighted by molar-refractivity contribution is 6.30. The van der Waals surface area contributed by atoms with Crippen LogP contribution in [0, 0.1) is 13.8 Å². The van der Waals surface area contributed by atoms with Crippen LogP contribution in [-0.2, 0) is 6.54 Å². The van der Waals surface area contributed by atoms with E-state index >= 15 is 0 Å². The monoisotopic (exact) mass is 480 g/mol. The molecule has 1 amide bonds. The summed E-state index contributed by atoms with van der Waals surface area (Å²) in [6.45, 7) is 3.83. The molecule has 1 aliphatic carbocycles. The van der Waals surface area contributed by atoms with E-state index in [4.69, 9.17) is 11.6 Å². The Kier molecular flexibility index (Phi) is 7.03. The zero-order chi connectivity index (χ0) is 24.4. The van der Waals surface area contributed by atoms with Gasteiger partial charge in [0.25, 0.3) is 11.5 Å². The highest BCUT2D eigenvalue weighted by atomic mass is 35.5. The van der Waals surface area contributed by atoms with E-state index in [0.717, 1.165) is 52.5 Å². The summed E-state index contributed by atoms with van der Waals surface area (Å²) < 4.78 is 2.23. The van der Waals surface area contributed by atoms with Gasteiger partial charge in [0, 0.05) is 18.1 Å². The molecule has 1 heterocycles. The second-order valence-electron chi connectivity index (χ2n) is 9.12. The Hall–Kier alpha value is -3.19. The smallest absolute Gasteiger partial charge is 0.337 e. The summed E-state index contributed by atoms with van der Waals surface area (Å²) in [6, 6.07) is 12.6. The molecule has 178 valence electrons. The van der Waals surface area contributed by atoms with Gasteiger partial charge in [0.2, 0.25) is 5.69 Å². The molecule has 0 atom stereocenters. The molecule has 4 rings (SSSR count). The first-order valence-electron chi connectivity index (χ1n) is 11.6. The van der Waals surface area contributed by atoms with Gasteiger partial charge in [-0.25, -0.2) is 4.79 Å². The predicted molar refractivity (Wildman–Crippen MR) is 133 cm³/mol. The first-order chi connectivity index (χ1) is 16.2. The first-order valence-corrected chi connectivity index (χ1v) is 12.0. The van der Waals surface area contributed by atoms with Crippen molar-refractivity contribution in [2.24, 2.45) is 0 Å². The van der Waals surface area contributed by atoms with E-state index in [1.165, 1.54) is 0 Å². The number of amides is 1. The molecule has 0 spiro atoms. The maximum Gasteiger partial charge on any atom is 0.352 e. The third-order valence-electron chi connectivity index (χ3n) is 6.39. The Bertz CT molecular complexity index is 1320. The van der Waals surface area contributed by atoms with Gasteiger partial charge in [-0.2, -0.15) is 9.78 Å². The fourth-order valence-electron chi connectivity index (χ4n) is 4.65. The van der Waals surface area contributed by atoms with E-state index in [2.05, 4.69) is 5.10 Å². The second-order valence-corrected chi connectivity index (χ2v) is 9.55. The number of nitrogens with zero attached hydrogens (tertiary/aromatic N) is 4. The minimum atomic E-state index is -0.696. The number of carbonyl (C=O) groups excluding carboxylic acids is 1. The number of halogens is 1. The minimum absolute atomic E-state index is 0.0149. The summed E-state index contributed by atoms with van der Waals surface area (Å²) in [5.41, 5.74) is 1.53. The van der Waals surface area contributed by atoms with Crippen LogP contribution in [0.1, 0.15) is 59.3 Å². The van der Waals surface area contributed by atoms with Crippen LogP contribution in [0.5, 0.6) is 0 Å². The molecule has 0 radical (unpaired) electrons. The Morgan fingerprint density at radius 1 is 1.06 bits per heavy atom. The van der Waals surface area contributed by atoms with E-state index in [-0.39, 0.29) is 18.3 Å². The molecule has 0 N–H and O–H groups in total. The van der Waals surface area contributed by atoms with Crippen LogP contribution in [0.4, 0.5) is 0 Å². The van der Waals surface area contributed by atoms with Gasteiger partial charge in [-0.05, 0) is 67.6 Å². The van der Waals surface area contributed by atoms with Gasteiger partial charge in [0.15, 0.2) is 0 Å². The quantitative estimate of drug-likeness (QED) is 0.550. The number of aromatic nitrogens is 3. The average Bonchev–Trinajstić information content (AvgIpc) is 2.81. The standard InChI is InChI=1S/C26H29ClN4O3/c1-17-12-18(2)14-22(13-17)31-26(34)30(16-19-8-7-9-20(27)15-19)25(33)23(28-31)24(32)29(3)21-10-5-4-6-11-21/h7-9,12-15,21H,4-6,10-11,16H2,1-3H3. The lowest BCUT2D eigenvalue weighted by Crippen LogP contribution is -2.48. The Labute approximate surface area is 203 Å². The molecular weight excluding hydrogens is 452 g/mol. The SMILES string of the molecule is Cc1cc(C)cc(-n2nc(C(=O)N(C)C3CCCCC3)c(=O)n(Cc3cccc(Cl)c3)c2=O)c1. The zero-order valence-corrected chi connectivity index (χ0v) is 20.5. The van der Waals surface area contributed by atoms with Crippen LogP contribution < -0.4 is 11.2 Å². The Morgan fingerprint density at radius 2 is 1.74 bits per heavy atom. The van der Waals surface area contributed by atoms with Crippen molar-refractivity contribution in [3.05, 3.63) is 90.7 Å². The van der Waals surface area contributed by atoms with Gasteiger partial charge in [-0.1, -0.05) is 49.1 Å². The lowest BCUT2D eigenvalue weighted by molar-refractivity contribution is 0.0684. The van der Waals surface area contributed by atoms with Gasteiger partial charge in [-0.15, -0.1) is 0 Å². The van der Waals surface area contributed by atoms with Crippen LogP contribution in [0.15, 0.2) is 52.1 Å². The first kappa shape index (κ1) is 24.0. The van der Waals surface area contributed by atoms with Crippen LogP contribution in [0.3, 0.4) is 0 Å². The molecule has 0 unspecified atom stereocenters. The molecule has 0 bridgehead atoms. The third kappa shape index (κ3) is 4.99. The summed E-state index contributed by atoms with van der Waals surface area (Å²) in [5.74, 6) is -0.463. The number of hydrogen-bond acceptors (Lipinski definition) is 4. The fraction of sp³-hybridized carbons (Fsp3) is 0.385. The van der Waals surface area contributed by atoms with Crippen molar-refractivity contribution in [2.45, 2.75) is 58.5 Å². The predicted octanol–water partition coefficient (Wildman–Crippen LogP) is 4.12. The summed E-state index contributed by atoms with van der Waals surface area (Å²) in [4.78, 5) is 42.0. The highest BCUT2D eigenvalue weighted by Crippen LogP contribution is 2.22. The number of rotatable bonds is 5. The molecule has 3 aromatic rings. The van der Waals surface area contributed by atoms with Crippen molar-refractivity contribution in [3.8, 4) is 5.69 Å². The van der Waals surface area contributed by atoms with E-state index in [1.54, 1.807) is 36.2 Å². The van der Waals surface area contributed by atoms with E-state index < -0.39 is 17.2 Å². The molecule has 7 nitrogen and oxygen atoms in total. The highest BCUT2D eigenvalue weighted by Gasteiger charge is 2.28. The van der Waals surface area contributed by atoms with Crippen molar-refractivity contribution < 1.29 is 4.79 Å². The number of hydrogen-bond donors (Lipinski definition) is 0. The average molecular weight is 481 g/mol. The van der Waals surface area contributed by atoms with Gasteiger partial charge in [0.05, 0.1) is 12.2 Å². The van der Waals surface area contributed by atoms with Gasteiger partial charge >= 0.3 is 5.69 Å². The molecule has 1 aliphatic rings. The molecule has 1 saturated carbocycles. The van der Waals surface area contributed by atoms with Crippen molar-refractivity contribution in [1.82, 2.24) is 19.2 Å². The van der Waals surface area contributed by atoms with Crippen molar-refractivity contribution in [2.75, 3.05) is 7.05 Å². The van der Waals surface area contributed by atoms with E-state index in [9.17, 15) is 14.4 Å². The number of benzene rings is 2. The molecule has 2 aromatic carbocycles. The molecule has 34 heavy (non-hydrogen) atoms. The molecule has 0 aliphatic heterocycles. The molecule has 8 heteroatoms. The third-order valence-corrected chi connectivity index (χ3v) is 6.62. The summed E-state index contributed by atoms with van der Waals surface area (Å²) in [6.07, 6.45) is 5.06. The maximum atomic E-state index is 13.5. The molecular formula is C26H29ClN4O3. The van der Waals surface area contributed by atoms with Gasteiger partial charge in [-0.3, -0.25) is 14.2 Å². The number of aryl methyl sites for hydroxylation is 2. The summed E-state index contributed by atoms with van der Waals surface area (Å²) >= 11 is 6.12. The summed E-state index contributed by atoms with van der Waals surface area (Å²) in [7, 11) is 1.72. The van der Waals surface area contributed by atoms with E-state index in [0.29, 0.717) is 16.3 Å². The maximum absolute atomic E-state index is 13.5. The van der Waals surface area contributed by atoms with Crippen LogP contribution in [0.2, 0.25) is 5.02 Å². The largest absolute Gasteiger partial charge is 0.352 e. The topological polar surface area (TPSA) is 77.2 Å². The minimum Gasteiger partial charge on any atom is -0.337 e. The lowest BCUT2D eigenvalue weighted by Gasteiger charge is -2.30. The molecule has 0 saturated heterocycles. The van der Waals surface area contributed by atoms with Crippen LogP contribution in [0.25, 0.3) is 5.69 Å². The Morgan fingerprint density at radius 3 is 2.38 bits per heavy atom. The van der Waals surface area contributed by atoms with E-state index in [1.807, 2.05) is 32.0 Å². The van der Waals surface area contributed by atoms with Crippen molar-refractivity contribution >= 4 is 17.5 Å². The molecule has 1 aromatic heterocycles. The lowest BCUT2D eigenvalue weighted by atomic mass is 9.94. The van der Waals surface area contributed by atoms with Gasteiger partial charge < -0.3 is 4.90 Å². The summed E-state index contributed by atoms with van der Waals surface area (Å²) in [5, 5.41) is 4.82. The second kappa shape index (κ2) is 9.97. The number of carbonyl (C=O) groups is 1. The molecule has 1 fully saturated rings.